The zero-order valence-corrected chi connectivity index (χ0v) is 9.65. The van der Waals surface area contributed by atoms with Gasteiger partial charge in [-0.05, 0) is 19.4 Å². The molecule has 0 rings (SSSR count). The largest absolute Gasteiger partial charge is 0.384 e. The number of hydrogen-bond acceptors (Lipinski definition) is 2. The molecule has 0 bridgehead atoms. The van der Waals surface area contributed by atoms with Crippen molar-refractivity contribution in [3.8, 4) is 0 Å². The normalized spacial score (nSPS) is 15.7. The SMILES string of the molecule is CCCC(CC)(CNCC)COC. The first-order chi connectivity index (χ1) is 6.24. The third kappa shape index (κ3) is 4.63. The molecule has 13 heavy (non-hydrogen) atoms. The second kappa shape index (κ2) is 7.34. The summed E-state index contributed by atoms with van der Waals surface area (Å²) in [7, 11) is 1.80. The van der Waals surface area contributed by atoms with E-state index in [1.165, 1.54) is 19.3 Å². The summed E-state index contributed by atoms with van der Waals surface area (Å²) in [6, 6.07) is 0. The van der Waals surface area contributed by atoms with E-state index in [0.717, 1.165) is 19.7 Å². The Labute approximate surface area is 83.1 Å². The van der Waals surface area contributed by atoms with Crippen molar-refractivity contribution in [1.82, 2.24) is 5.32 Å². The van der Waals surface area contributed by atoms with Gasteiger partial charge in [-0.1, -0.05) is 27.2 Å². The molecule has 1 atom stereocenters. The maximum Gasteiger partial charge on any atom is 0.0530 e. The van der Waals surface area contributed by atoms with Gasteiger partial charge < -0.3 is 10.1 Å². The topological polar surface area (TPSA) is 21.3 Å². The first kappa shape index (κ1) is 12.9. The van der Waals surface area contributed by atoms with Crippen molar-refractivity contribution in [2.75, 3.05) is 26.8 Å². The third-order valence-electron chi connectivity index (χ3n) is 2.73. The molecule has 2 nitrogen and oxygen atoms in total. The molecule has 0 aromatic rings. The Morgan fingerprint density at radius 3 is 2.31 bits per heavy atom. The van der Waals surface area contributed by atoms with Crippen LogP contribution in [0.3, 0.4) is 0 Å². The van der Waals surface area contributed by atoms with E-state index in [2.05, 4.69) is 26.1 Å². The quantitative estimate of drug-likeness (QED) is 0.630. The van der Waals surface area contributed by atoms with Crippen LogP contribution in [0.15, 0.2) is 0 Å². The summed E-state index contributed by atoms with van der Waals surface area (Å²) in [5.41, 5.74) is 0.361. The Balaban J connectivity index is 4.07. The van der Waals surface area contributed by atoms with Crippen LogP contribution in [-0.4, -0.2) is 26.8 Å². The van der Waals surface area contributed by atoms with Crippen LogP contribution in [0.1, 0.15) is 40.0 Å². The standard InChI is InChI=1S/C11H25NO/c1-5-8-11(6-2,10-13-4)9-12-7-3/h12H,5-10H2,1-4H3. The molecule has 0 saturated carbocycles. The van der Waals surface area contributed by atoms with E-state index in [1.54, 1.807) is 7.11 Å². The summed E-state index contributed by atoms with van der Waals surface area (Å²) < 4.78 is 5.31. The molecular weight excluding hydrogens is 162 g/mol. The Bertz CT molecular complexity index is 109. The third-order valence-corrected chi connectivity index (χ3v) is 2.73. The van der Waals surface area contributed by atoms with Crippen molar-refractivity contribution >= 4 is 0 Å². The van der Waals surface area contributed by atoms with Gasteiger partial charge in [-0.15, -0.1) is 0 Å². The van der Waals surface area contributed by atoms with E-state index in [-0.39, 0.29) is 0 Å². The zero-order chi connectivity index (χ0) is 10.2. The fourth-order valence-corrected chi connectivity index (χ4v) is 1.84. The summed E-state index contributed by atoms with van der Waals surface area (Å²) in [4.78, 5) is 0. The average Bonchev–Trinajstić information content (AvgIpc) is 2.15. The second-order valence-corrected chi connectivity index (χ2v) is 3.82. The molecule has 0 fully saturated rings. The van der Waals surface area contributed by atoms with Gasteiger partial charge in [0.15, 0.2) is 0 Å². The van der Waals surface area contributed by atoms with Gasteiger partial charge >= 0.3 is 0 Å². The number of ether oxygens (including phenoxy) is 1. The average molecular weight is 187 g/mol. The van der Waals surface area contributed by atoms with Crippen LogP contribution in [0.2, 0.25) is 0 Å². The Morgan fingerprint density at radius 1 is 1.23 bits per heavy atom. The molecule has 1 N–H and O–H groups in total. The number of rotatable bonds is 8. The van der Waals surface area contributed by atoms with Crippen LogP contribution < -0.4 is 5.32 Å². The van der Waals surface area contributed by atoms with Crippen molar-refractivity contribution in [1.29, 1.82) is 0 Å². The lowest BCUT2D eigenvalue weighted by molar-refractivity contribution is 0.0677. The lowest BCUT2D eigenvalue weighted by Crippen LogP contribution is -2.37. The smallest absolute Gasteiger partial charge is 0.0530 e. The van der Waals surface area contributed by atoms with Crippen molar-refractivity contribution in [3.63, 3.8) is 0 Å². The molecule has 2 heteroatoms. The molecule has 0 radical (unpaired) electrons. The lowest BCUT2D eigenvalue weighted by Gasteiger charge is -2.32. The van der Waals surface area contributed by atoms with Crippen molar-refractivity contribution in [3.05, 3.63) is 0 Å². The molecule has 1 unspecified atom stereocenters. The lowest BCUT2D eigenvalue weighted by atomic mass is 9.81. The van der Waals surface area contributed by atoms with E-state index in [1.807, 2.05) is 0 Å². The van der Waals surface area contributed by atoms with E-state index in [4.69, 9.17) is 4.74 Å². The summed E-state index contributed by atoms with van der Waals surface area (Å²) >= 11 is 0. The van der Waals surface area contributed by atoms with Gasteiger partial charge in [0.2, 0.25) is 0 Å². The molecule has 0 aliphatic carbocycles. The Kier molecular flexibility index (Phi) is 7.29. The van der Waals surface area contributed by atoms with E-state index in [9.17, 15) is 0 Å². The molecule has 0 saturated heterocycles. The van der Waals surface area contributed by atoms with Gasteiger partial charge in [0, 0.05) is 19.1 Å². The first-order valence-corrected chi connectivity index (χ1v) is 5.44. The summed E-state index contributed by atoms with van der Waals surface area (Å²) in [6.45, 7) is 9.67. The van der Waals surface area contributed by atoms with Crippen LogP contribution in [0.4, 0.5) is 0 Å². The van der Waals surface area contributed by atoms with Gasteiger partial charge in [-0.2, -0.15) is 0 Å². The number of nitrogens with one attached hydrogen (secondary N) is 1. The van der Waals surface area contributed by atoms with Gasteiger partial charge in [-0.25, -0.2) is 0 Å². The fourth-order valence-electron chi connectivity index (χ4n) is 1.84. The molecule has 0 aromatic carbocycles. The highest BCUT2D eigenvalue weighted by Crippen LogP contribution is 2.27. The Hall–Kier alpha value is -0.0800. The highest BCUT2D eigenvalue weighted by Gasteiger charge is 2.26. The summed E-state index contributed by atoms with van der Waals surface area (Å²) in [5.74, 6) is 0. The zero-order valence-electron chi connectivity index (χ0n) is 9.65. The molecule has 0 aromatic heterocycles. The van der Waals surface area contributed by atoms with Crippen LogP contribution in [0.25, 0.3) is 0 Å². The van der Waals surface area contributed by atoms with E-state index >= 15 is 0 Å². The maximum atomic E-state index is 5.31. The van der Waals surface area contributed by atoms with Gasteiger partial charge in [-0.3, -0.25) is 0 Å². The summed E-state index contributed by atoms with van der Waals surface area (Å²) in [5, 5.41) is 3.43. The highest BCUT2D eigenvalue weighted by atomic mass is 16.5. The predicted molar refractivity (Wildman–Crippen MR) is 58.1 cm³/mol. The molecule has 0 spiro atoms. The molecule has 0 aliphatic rings. The molecule has 0 amide bonds. The van der Waals surface area contributed by atoms with E-state index < -0.39 is 0 Å². The van der Waals surface area contributed by atoms with Crippen LogP contribution in [0, 0.1) is 5.41 Å². The predicted octanol–water partition coefficient (Wildman–Crippen LogP) is 2.44. The fraction of sp³-hybridized carbons (Fsp3) is 1.00. The maximum absolute atomic E-state index is 5.31. The van der Waals surface area contributed by atoms with Crippen molar-refractivity contribution in [2.45, 2.75) is 40.0 Å². The minimum absolute atomic E-state index is 0.361. The van der Waals surface area contributed by atoms with Gasteiger partial charge in [0.1, 0.15) is 0 Å². The minimum Gasteiger partial charge on any atom is -0.384 e. The highest BCUT2D eigenvalue weighted by molar-refractivity contribution is 4.79. The van der Waals surface area contributed by atoms with Gasteiger partial charge in [0.05, 0.1) is 6.61 Å². The first-order valence-electron chi connectivity index (χ1n) is 5.44. The monoisotopic (exact) mass is 187 g/mol. The summed E-state index contributed by atoms with van der Waals surface area (Å²) in [6.07, 6.45) is 3.69. The molecular formula is C11H25NO. The van der Waals surface area contributed by atoms with Gasteiger partial charge in [0.25, 0.3) is 0 Å². The molecule has 0 aliphatic heterocycles. The molecule has 80 valence electrons. The van der Waals surface area contributed by atoms with Crippen LogP contribution in [0.5, 0.6) is 0 Å². The Morgan fingerprint density at radius 2 is 1.92 bits per heavy atom. The van der Waals surface area contributed by atoms with E-state index in [0.29, 0.717) is 5.41 Å². The van der Waals surface area contributed by atoms with Crippen LogP contribution >= 0.6 is 0 Å². The second-order valence-electron chi connectivity index (χ2n) is 3.82. The molecule has 0 heterocycles. The van der Waals surface area contributed by atoms with Crippen molar-refractivity contribution in [2.24, 2.45) is 5.41 Å². The number of methoxy groups -OCH3 is 1. The van der Waals surface area contributed by atoms with Crippen LogP contribution in [-0.2, 0) is 4.74 Å². The van der Waals surface area contributed by atoms with Crippen molar-refractivity contribution < 1.29 is 4.74 Å². The minimum atomic E-state index is 0.361. The number of hydrogen-bond donors (Lipinski definition) is 1.